The number of nitrogens with two attached hydrogens (primary N) is 1. The summed E-state index contributed by atoms with van der Waals surface area (Å²) in [6.07, 6.45) is 1.40. The minimum Gasteiger partial charge on any atom is -0.368 e. The SMILES string of the molecule is CN(c1ccc(F)cc1)c1nc(N)nc(-c2noc(-c3ncccc3F)n2)n1. The summed E-state index contributed by atoms with van der Waals surface area (Å²) in [7, 11) is 1.68. The summed E-state index contributed by atoms with van der Waals surface area (Å²) in [5.41, 5.74) is 6.31. The zero-order chi connectivity index (χ0) is 19.7. The van der Waals surface area contributed by atoms with Crippen molar-refractivity contribution in [2.75, 3.05) is 17.7 Å². The molecule has 3 heterocycles. The van der Waals surface area contributed by atoms with E-state index in [1.807, 2.05) is 0 Å². The topological polar surface area (TPSA) is 120 Å². The van der Waals surface area contributed by atoms with E-state index in [2.05, 4.69) is 30.1 Å². The number of hydrogen-bond donors (Lipinski definition) is 1. The second-order valence-electron chi connectivity index (χ2n) is 5.61. The first-order valence-corrected chi connectivity index (χ1v) is 7.97. The van der Waals surface area contributed by atoms with Crippen molar-refractivity contribution in [1.82, 2.24) is 30.1 Å². The third kappa shape index (κ3) is 3.32. The lowest BCUT2D eigenvalue weighted by Gasteiger charge is -2.17. The molecule has 3 aromatic heterocycles. The Kier molecular flexibility index (Phi) is 4.32. The van der Waals surface area contributed by atoms with Crippen molar-refractivity contribution in [2.45, 2.75) is 0 Å². The highest BCUT2D eigenvalue weighted by atomic mass is 19.1. The van der Waals surface area contributed by atoms with Gasteiger partial charge in [0.25, 0.3) is 5.89 Å². The van der Waals surface area contributed by atoms with Gasteiger partial charge in [0.2, 0.25) is 23.5 Å². The van der Waals surface area contributed by atoms with E-state index in [9.17, 15) is 8.78 Å². The molecule has 0 unspecified atom stereocenters. The van der Waals surface area contributed by atoms with Crippen molar-refractivity contribution in [1.29, 1.82) is 0 Å². The molecule has 0 saturated carbocycles. The number of pyridine rings is 1. The summed E-state index contributed by atoms with van der Waals surface area (Å²) < 4.78 is 32.1. The van der Waals surface area contributed by atoms with E-state index in [-0.39, 0.29) is 40.9 Å². The summed E-state index contributed by atoms with van der Waals surface area (Å²) in [6.45, 7) is 0. The molecule has 0 bridgehead atoms. The minimum absolute atomic E-state index is 0.0112. The first kappa shape index (κ1) is 17.4. The molecule has 4 rings (SSSR count). The van der Waals surface area contributed by atoms with Crippen LogP contribution in [0, 0.1) is 11.6 Å². The molecule has 0 aliphatic carbocycles. The van der Waals surface area contributed by atoms with Crippen LogP contribution in [0.2, 0.25) is 0 Å². The number of nitrogen functional groups attached to an aromatic ring is 1. The molecular weight excluding hydrogens is 370 g/mol. The summed E-state index contributed by atoms with van der Waals surface area (Å²) >= 11 is 0. The largest absolute Gasteiger partial charge is 0.368 e. The molecule has 0 amide bonds. The summed E-state index contributed by atoms with van der Waals surface area (Å²) in [4.78, 5) is 21.9. The van der Waals surface area contributed by atoms with Crippen molar-refractivity contribution in [3.63, 3.8) is 0 Å². The Balaban J connectivity index is 1.70. The van der Waals surface area contributed by atoms with Gasteiger partial charge >= 0.3 is 0 Å². The molecule has 0 atom stereocenters. The molecule has 1 aromatic carbocycles. The van der Waals surface area contributed by atoms with Gasteiger partial charge in [-0.05, 0) is 36.4 Å². The van der Waals surface area contributed by atoms with Gasteiger partial charge in [-0.2, -0.15) is 19.9 Å². The van der Waals surface area contributed by atoms with Gasteiger partial charge in [0.05, 0.1) is 0 Å². The molecule has 28 heavy (non-hydrogen) atoms. The molecule has 140 valence electrons. The molecule has 9 nitrogen and oxygen atoms in total. The van der Waals surface area contributed by atoms with Crippen LogP contribution in [0.1, 0.15) is 0 Å². The summed E-state index contributed by atoms with van der Waals surface area (Å²) in [6, 6.07) is 8.41. The standard InChI is InChI=1S/C17H12F2N8O/c1-27(10-6-4-9(18)5-7-10)17-24-13(23-16(20)25-17)14-22-15(28-26-14)12-11(19)3-2-8-21-12/h2-8H,1H3,(H2,20,23,24,25). The lowest BCUT2D eigenvalue weighted by Crippen LogP contribution is -2.15. The highest BCUT2D eigenvalue weighted by Gasteiger charge is 2.19. The lowest BCUT2D eigenvalue weighted by atomic mass is 10.3. The Labute approximate surface area is 156 Å². The monoisotopic (exact) mass is 382 g/mol. The number of aromatic nitrogens is 6. The third-order valence-electron chi connectivity index (χ3n) is 3.74. The Morgan fingerprint density at radius 1 is 0.964 bits per heavy atom. The van der Waals surface area contributed by atoms with E-state index in [1.54, 1.807) is 24.1 Å². The molecule has 11 heteroatoms. The van der Waals surface area contributed by atoms with Crippen molar-refractivity contribution >= 4 is 17.6 Å². The fourth-order valence-electron chi connectivity index (χ4n) is 2.36. The van der Waals surface area contributed by atoms with Crippen molar-refractivity contribution in [3.05, 3.63) is 54.2 Å². The van der Waals surface area contributed by atoms with Crippen LogP contribution in [-0.4, -0.2) is 37.1 Å². The van der Waals surface area contributed by atoms with Gasteiger partial charge in [-0.15, -0.1) is 0 Å². The maximum absolute atomic E-state index is 13.9. The lowest BCUT2D eigenvalue weighted by molar-refractivity contribution is 0.427. The Morgan fingerprint density at radius 2 is 1.75 bits per heavy atom. The van der Waals surface area contributed by atoms with Crippen LogP contribution < -0.4 is 10.6 Å². The van der Waals surface area contributed by atoms with Crippen LogP contribution in [0.4, 0.5) is 26.4 Å². The third-order valence-corrected chi connectivity index (χ3v) is 3.74. The second-order valence-corrected chi connectivity index (χ2v) is 5.61. The Hall–Kier alpha value is -4.02. The molecule has 0 spiro atoms. The zero-order valence-corrected chi connectivity index (χ0v) is 14.4. The molecule has 0 aliphatic rings. The first-order valence-electron chi connectivity index (χ1n) is 7.97. The highest BCUT2D eigenvalue weighted by molar-refractivity contribution is 5.60. The van der Waals surface area contributed by atoms with Crippen LogP contribution in [0.25, 0.3) is 23.2 Å². The average molecular weight is 382 g/mol. The number of hydrogen-bond acceptors (Lipinski definition) is 9. The summed E-state index contributed by atoms with van der Waals surface area (Å²) in [5, 5.41) is 3.76. The maximum atomic E-state index is 13.9. The van der Waals surface area contributed by atoms with Crippen molar-refractivity contribution < 1.29 is 13.3 Å². The molecule has 0 saturated heterocycles. The average Bonchev–Trinajstić information content (AvgIpc) is 3.18. The van der Waals surface area contributed by atoms with Gasteiger partial charge in [0.15, 0.2) is 11.5 Å². The van der Waals surface area contributed by atoms with E-state index in [4.69, 9.17) is 10.3 Å². The molecular formula is C17H12F2N8O. The zero-order valence-electron chi connectivity index (χ0n) is 14.4. The van der Waals surface area contributed by atoms with Gasteiger partial charge in [-0.25, -0.2) is 13.8 Å². The van der Waals surface area contributed by atoms with Gasteiger partial charge < -0.3 is 15.2 Å². The minimum atomic E-state index is -0.607. The quantitative estimate of drug-likeness (QED) is 0.568. The van der Waals surface area contributed by atoms with Crippen LogP contribution in [-0.2, 0) is 0 Å². The smallest absolute Gasteiger partial charge is 0.279 e. The van der Waals surface area contributed by atoms with Gasteiger partial charge in [-0.3, -0.25) is 0 Å². The summed E-state index contributed by atoms with van der Waals surface area (Å²) in [5.74, 6) is -0.973. The maximum Gasteiger partial charge on any atom is 0.279 e. The van der Waals surface area contributed by atoms with Gasteiger partial charge in [-0.1, -0.05) is 5.16 Å². The normalized spacial score (nSPS) is 10.8. The number of rotatable bonds is 4. The molecule has 0 aliphatic heterocycles. The molecule has 0 fully saturated rings. The molecule has 0 radical (unpaired) electrons. The van der Waals surface area contributed by atoms with Crippen LogP contribution in [0.3, 0.4) is 0 Å². The predicted molar refractivity (Wildman–Crippen MR) is 95.2 cm³/mol. The van der Waals surface area contributed by atoms with E-state index in [0.717, 1.165) is 0 Å². The molecule has 2 N–H and O–H groups in total. The number of anilines is 3. The van der Waals surface area contributed by atoms with E-state index in [0.29, 0.717) is 5.69 Å². The van der Waals surface area contributed by atoms with E-state index in [1.165, 1.54) is 30.5 Å². The highest BCUT2D eigenvalue weighted by Crippen LogP contribution is 2.24. The predicted octanol–water partition coefficient (Wildman–Crippen LogP) is 2.61. The van der Waals surface area contributed by atoms with Crippen LogP contribution in [0.5, 0.6) is 0 Å². The van der Waals surface area contributed by atoms with Crippen LogP contribution >= 0.6 is 0 Å². The van der Waals surface area contributed by atoms with E-state index >= 15 is 0 Å². The number of nitrogens with zero attached hydrogens (tertiary/aromatic N) is 7. The molecule has 4 aromatic rings. The number of halogens is 2. The second kappa shape index (κ2) is 6.95. The van der Waals surface area contributed by atoms with Crippen LogP contribution in [0.15, 0.2) is 47.1 Å². The Bertz CT molecular complexity index is 1130. The fraction of sp³-hybridized carbons (Fsp3) is 0.0588. The number of benzene rings is 1. The Morgan fingerprint density at radius 3 is 2.50 bits per heavy atom. The van der Waals surface area contributed by atoms with Crippen molar-refractivity contribution in [2.24, 2.45) is 0 Å². The van der Waals surface area contributed by atoms with Gasteiger partial charge in [0, 0.05) is 18.9 Å². The first-order chi connectivity index (χ1) is 13.5. The fourth-order valence-corrected chi connectivity index (χ4v) is 2.36. The van der Waals surface area contributed by atoms with Crippen molar-refractivity contribution in [3.8, 4) is 23.2 Å². The van der Waals surface area contributed by atoms with E-state index < -0.39 is 5.82 Å². The van der Waals surface area contributed by atoms with Gasteiger partial charge in [0.1, 0.15) is 5.82 Å².